The second kappa shape index (κ2) is 5.82. The van der Waals surface area contributed by atoms with Gasteiger partial charge in [-0.2, -0.15) is 13.2 Å². The van der Waals surface area contributed by atoms with E-state index in [1.54, 1.807) is 12.1 Å². The lowest BCUT2D eigenvalue weighted by Gasteiger charge is -2.08. The van der Waals surface area contributed by atoms with E-state index in [9.17, 15) is 18.0 Å². The molecule has 0 aliphatic heterocycles. The third kappa shape index (κ3) is 3.95. The van der Waals surface area contributed by atoms with Crippen LogP contribution in [0.5, 0.6) is 5.88 Å². The molecule has 0 aliphatic rings. The molecule has 2 rings (SSSR count). The number of pyridine rings is 1. The number of carboxylic acids is 1. The summed E-state index contributed by atoms with van der Waals surface area (Å²) in [6.07, 6.45) is -3.76. The SMILES string of the molecule is O=C(O)c1cccc(COc2ccc(C(F)(F)F)cn2)c1. The molecule has 0 aliphatic carbocycles. The highest BCUT2D eigenvalue weighted by Crippen LogP contribution is 2.29. The summed E-state index contributed by atoms with van der Waals surface area (Å²) >= 11 is 0. The van der Waals surface area contributed by atoms with Gasteiger partial charge in [-0.25, -0.2) is 9.78 Å². The lowest BCUT2D eigenvalue weighted by molar-refractivity contribution is -0.137. The summed E-state index contributed by atoms with van der Waals surface area (Å²) in [7, 11) is 0. The van der Waals surface area contributed by atoms with E-state index in [1.165, 1.54) is 12.1 Å². The molecule has 2 aromatic rings. The van der Waals surface area contributed by atoms with Gasteiger partial charge in [-0.15, -0.1) is 0 Å². The Bertz CT molecular complexity index is 639. The first-order valence-electron chi connectivity index (χ1n) is 5.84. The van der Waals surface area contributed by atoms with Gasteiger partial charge >= 0.3 is 12.1 Å². The van der Waals surface area contributed by atoms with Crippen molar-refractivity contribution in [3.63, 3.8) is 0 Å². The van der Waals surface area contributed by atoms with Gasteiger partial charge in [0.2, 0.25) is 5.88 Å². The summed E-state index contributed by atoms with van der Waals surface area (Å²) in [6, 6.07) is 8.05. The molecule has 0 spiro atoms. The lowest BCUT2D eigenvalue weighted by Crippen LogP contribution is -2.06. The second-order valence-electron chi connectivity index (χ2n) is 4.18. The molecule has 0 fully saturated rings. The molecular weight excluding hydrogens is 287 g/mol. The van der Waals surface area contributed by atoms with E-state index in [4.69, 9.17) is 9.84 Å². The summed E-state index contributed by atoms with van der Waals surface area (Å²) < 4.78 is 42.3. The minimum atomic E-state index is -4.44. The van der Waals surface area contributed by atoms with Crippen LogP contribution in [0.3, 0.4) is 0 Å². The number of aromatic carboxylic acids is 1. The number of carboxylic acid groups (broad SMARTS) is 1. The normalized spacial score (nSPS) is 11.2. The first kappa shape index (κ1) is 14.8. The van der Waals surface area contributed by atoms with Crippen LogP contribution >= 0.6 is 0 Å². The van der Waals surface area contributed by atoms with Crippen molar-refractivity contribution in [3.05, 3.63) is 59.3 Å². The molecule has 1 aromatic heterocycles. The zero-order chi connectivity index (χ0) is 15.5. The molecule has 21 heavy (non-hydrogen) atoms. The molecule has 0 atom stereocenters. The molecule has 0 saturated carbocycles. The molecule has 0 amide bonds. The molecule has 0 radical (unpaired) electrons. The highest BCUT2D eigenvalue weighted by molar-refractivity contribution is 5.87. The smallest absolute Gasteiger partial charge is 0.417 e. The van der Waals surface area contributed by atoms with Crippen molar-refractivity contribution in [1.29, 1.82) is 0 Å². The van der Waals surface area contributed by atoms with Gasteiger partial charge in [-0.05, 0) is 23.8 Å². The molecule has 1 aromatic carbocycles. The van der Waals surface area contributed by atoms with E-state index in [0.717, 1.165) is 12.1 Å². The summed E-state index contributed by atoms with van der Waals surface area (Å²) in [5, 5.41) is 8.84. The van der Waals surface area contributed by atoms with Crippen molar-refractivity contribution in [1.82, 2.24) is 4.98 Å². The Labute approximate surface area is 117 Å². The number of halogens is 3. The van der Waals surface area contributed by atoms with E-state index in [-0.39, 0.29) is 18.1 Å². The number of nitrogens with zero attached hydrogens (tertiary/aromatic N) is 1. The monoisotopic (exact) mass is 297 g/mol. The standard InChI is InChI=1S/C14H10F3NO3/c15-14(16,17)11-4-5-12(18-7-11)21-8-9-2-1-3-10(6-9)13(19)20/h1-7H,8H2,(H,19,20). The van der Waals surface area contributed by atoms with Crippen LogP contribution in [0.1, 0.15) is 21.5 Å². The van der Waals surface area contributed by atoms with E-state index >= 15 is 0 Å². The molecular formula is C14H10F3NO3. The Hall–Kier alpha value is -2.57. The van der Waals surface area contributed by atoms with Gasteiger partial charge < -0.3 is 9.84 Å². The summed E-state index contributed by atoms with van der Waals surface area (Å²) in [4.78, 5) is 14.4. The molecule has 0 unspecified atom stereocenters. The number of rotatable bonds is 4. The Kier molecular flexibility index (Phi) is 4.11. The van der Waals surface area contributed by atoms with E-state index in [1.807, 2.05) is 0 Å². The molecule has 4 nitrogen and oxygen atoms in total. The topological polar surface area (TPSA) is 59.4 Å². The predicted molar refractivity (Wildman–Crippen MR) is 67.0 cm³/mol. The van der Waals surface area contributed by atoms with Gasteiger partial charge in [0.25, 0.3) is 0 Å². The number of hydrogen-bond donors (Lipinski definition) is 1. The molecule has 1 heterocycles. The lowest BCUT2D eigenvalue weighted by atomic mass is 10.1. The van der Waals surface area contributed by atoms with Gasteiger partial charge in [0.05, 0.1) is 11.1 Å². The number of alkyl halides is 3. The zero-order valence-corrected chi connectivity index (χ0v) is 10.6. The van der Waals surface area contributed by atoms with Gasteiger partial charge in [0.1, 0.15) is 6.61 Å². The summed E-state index contributed by atoms with van der Waals surface area (Å²) in [5.74, 6) is -1.03. The summed E-state index contributed by atoms with van der Waals surface area (Å²) in [6.45, 7) is 0.0134. The fraction of sp³-hybridized carbons (Fsp3) is 0.143. The van der Waals surface area contributed by atoms with E-state index in [0.29, 0.717) is 11.8 Å². The minimum Gasteiger partial charge on any atom is -0.478 e. The first-order chi connectivity index (χ1) is 9.86. The quantitative estimate of drug-likeness (QED) is 0.940. The summed E-state index contributed by atoms with van der Waals surface area (Å²) in [5.41, 5.74) is -0.171. The third-order valence-electron chi connectivity index (χ3n) is 2.62. The largest absolute Gasteiger partial charge is 0.478 e. The Morgan fingerprint density at radius 1 is 1.24 bits per heavy atom. The maximum absolute atomic E-state index is 12.4. The second-order valence-corrected chi connectivity index (χ2v) is 4.18. The third-order valence-corrected chi connectivity index (χ3v) is 2.62. The highest BCUT2D eigenvalue weighted by atomic mass is 19.4. The van der Waals surface area contributed by atoms with E-state index in [2.05, 4.69) is 4.98 Å². The Balaban J connectivity index is 2.03. The number of aromatic nitrogens is 1. The highest BCUT2D eigenvalue weighted by Gasteiger charge is 2.30. The van der Waals surface area contributed by atoms with Crippen molar-refractivity contribution in [2.75, 3.05) is 0 Å². The zero-order valence-electron chi connectivity index (χ0n) is 10.6. The van der Waals surface area contributed by atoms with Crippen LogP contribution in [-0.2, 0) is 12.8 Å². The average Bonchev–Trinajstić information content (AvgIpc) is 2.45. The first-order valence-corrected chi connectivity index (χ1v) is 5.84. The molecule has 1 N–H and O–H groups in total. The average molecular weight is 297 g/mol. The molecule has 0 saturated heterocycles. The van der Waals surface area contributed by atoms with Crippen molar-refractivity contribution < 1.29 is 27.8 Å². The number of benzene rings is 1. The Morgan fingerprint density at radius 3 is 2.57 bits per heavy atom. The van der Waals surface area contributed by atoms with Crippen molar-refractivity contribution in [2.24, 2.45) is 0 Å². The van der Waals surface area contributed by atoms with Crippen LogP contribution in [0.4, 0.5) is 13.2 Å². The van der Waals surface area contributed by atoms with Crippen molar-refractivity contribution in [3.8, 4) is 5.88 Å². The fourth-order valence-corrected chi connectivity index (χ4v) is 1.58. The minimum absolute atomic E-state index is 0.0134. The predicted octanol–water partition coefficient (Wildman–Crippen LogP) is 3.38. The van der Waals surface area contributed by atoms with Gasteiger partial charge in [-0.1, -0.05) is 12.1 Å². The fourth-order valence-electron chi connectivity index (χ4n) is 1.58. The maximum atomic E-state index is 12.4. The van der Waals surface area contributed by atoms with Crippen LogP contribution in [0.25, 0.3) is 0 Å². The van der Waals surface area contributed by atoms with Crippen LogP contribution in [0, 0.1) is 0 Å². The van der Waals surface area contributed by atoms with Crippen LogP contribution in [0.2, 0.25) is 0 Å². The van der Waals surface area contributed by atoms with Crippen LogP contribution in [0.15, 0.2) is 42.6 Å². The van der Waals surface area contributed by atoms with Gasteiger partial charge in [-0.3, -0.25) is 0 Å². The Morgan fingerprint density at radius 2 is 2.00 bits per heavy atom. The van der Waals surface area contributed by atoms with E-state index < -0.39 is 17.7 Å². The van der Waals surface area contributed by atoms with Gasteiger partial charge in [0.15, 0.2) is 0 Å². The van der Waals surface area contributed by atoms with Crippen LogP contribution < -0.4 is 4.74 Å². The molecule has 0 bridgehead atoms. The number of ether oxygens (including phenoxy) is 1. The van der Waals surface area contributed by atoms with Gasteiger partial charge in [0, 0.05) is 12.3 Å². The molecule has 110 valence electrons. The number of hydrogen-bond acceptors (Lipinski definition) is 3. The molecule has 7 heteroatoms. The number of carbonyl (C=O) groups is 1. The van der Waals surface area contributed by atoms with Crippen molar-refractivity contribution in [2.45, 2.75) is 12.8 Å². The maximum Gasteiger partial charge on any atom is 0.417 e. The van der Waals surface area contributed by atoms with Crippen molar-refractivity contribution >= 4 is 5.97 Å². The van der Waals surface area contributed by atoms with Crippen LogP contribution in [-0.4, -0.2) is 16.1 Å².